The highest BCUT2D eigenvalue weighted by atomic mass is 32.1. The highest BCUT2D eigenvalue weighted by molar-refractivity contribution is 7.17. The molecule has 9 heteroatoms. The first-order chi connectivity index (χ1) is 12.3. The number of benzene rings is 1. The molecule has 1 aliphatic rings. The van der Waals surface area contributed by atoms with Crippen LogP contribution in [0.25, 0.3) is 0 Å². The van der Waals surface area contributed by atoms with Crippen molar-refractivity contribution in [2.75, 3.05) is 5.32 Å². The number of halogens is 2. The molecule has 2 amide bonds. The quantitative estimate of drug-likeness (QED) is 0.852. The topological polar surface area (TPSA) is 98.5 Å². The molecule has 2 aromatic rings. The first-order valence-corrected chi connectivity index (χ1v) is 8.50. The summed E-state index contributed by atoms with van der Waals surface area (Å²) in [6.07, 6.45) is -0.0168. The third-order valence-corrected chi connectivity index (χ3v) is 5.09. The fraction of sp³-hybridized carbons (Fsp3) is 0.235. The van der Waals surface area contributed by atoms with E-state index in [2.05, 4.69) is 5.32 Å². The molecule has 0 fully saturated rings. The van der Waals surface area contributed by atoms with Crippen LogP contribution in [0.2, 0.25) is 0 Å². The van der Waals surface area contributed by atoms with E-state index in [1.807, 2.05) is 0 Å². The molecule has 136 valence electrons. The number of nitrogens with one attached hydrogen (secondary N) is 1. The summed E-state index contributed by atoms with van der Waals surface area (Å²) in [6.45, 7) is -0.409. The van der Waals surface area contributed by atoms with Gasteiger partial charge in [0.25, 0.3) is 5.91 Å². The molecule has 0 spiro atoms. The first kappa shape index (κ1) is 18.0. The van der Waals surface area contributed by atoms with E-state index in [9.17, 15) is 23.2 Å². The van der Waals surface area contributed by atoms with Gasteiger partial charge in [-0.05, 0) is 24.1 Å². The van der Waals surface area contributed by atoms with Crippen molar-refractivity contribution in [2.24, 2.45) is 5.73 Å². The maximum atomic E-state index is 13.5. The van der Waals surface area contributed by atoms with Crippen LogP contribution in [0, 0.1) is 11.6 Å². The molecule has 0 radical (unpaired) electrons. The Morgan fingerprint density at radius 1 is 1.27 bits per heavy atom. The second-order valence-corrected chi connectivity index (χ2v) is 6.83. The number of fused-ring (bicyclic) bond motifs is 1. The monoisotopic (exact) mass is 380 g/mol. The number of hydrogen-bond donors (Lipinski definition) is 2. The average molecular weight is 380 g/mol. The van der Waals surface area contributed by atoms with Gasteiger partial charge in [-0.2, -0.15) is 0 Å². The summed E-state index contributed by atoms with van der Waals surface area (Å²) in [5.41, 5.74) is 6.24. The molecule has 26 heavy (non-hydrogen) atoms. The van der Waals surface area contributed by atoms with Crippen molar-refractivity contribution in [1.29, 1.82) is 0 Å². The van der Waals surface area contributed by atoms with Gasteiger partial charge in [0.2, 0.25) is 0 Å². The molecule has 0 saturated carbocycles. The smallest absolute Gasteiger partial charge is 0.412 e. The predicted molar refractivity (Wildman–Crippen MR) is 90.0 cm³/mol. The average Bonchev–Trinajstić information content (AvgIpc) is 2.90. The summed E-state index contributed by atoms with van der Waals surface area (Å²) in [4.78, 5) is 36.0. The van der Waals surface area contributed by atoms with Gasteiger partial charge in [0.05, 0.1) is 5.56 Å². The molecule has 0 saturated heterocycles. The van der Waals surface area contributed by atoms with Gasteiger partial charge in [-0.15, -0.1) is 11.3 Å². The zero-order chi connectivity index (χ0) is 18.8. The van der Waals surface area contributed by atoms with E-state index >= 15 is 0 Å². The minimum Gasteiger partial charge on any atom is -0.444 e. The largest absolute Gasteiger partial charge is 0.444 e. The lowest BCUT2D eigenvalue weighted by Crippen LogP contribution is -2.20. The maximum Gasteiger partial charge on any atom is 0.412 e. The van der Waals surface area contributed by atoms with E-state index in [-0.39, 0.29) is 28.3 Å². The summed E-state index contributed by atoms with van der Waals surface area (Å²) in [7, 11) is 0. The molecule has 0 atom stereocenters. The molecule has 6 nitrogen and oxygen atoms in total. The standard InChI is InChI=1S/C17H14F2N2O4S/c18-9-2-1-8(12(19)5-9)7-25-17(24)21-16-14(15(20)23)11-4-3-10(22)6-13(11)26-16/h1-2,5H,3-4,6-7H2,(H2,20,23)(H,21,24). The molecule has 0 aliphatic heterocycles. The number of amides is 2. The summed E-state index contributed by atoms with van der Waals surface area (Å²) in [6, 6.07) is 2.91. The summed E-state index contributed by atoms with van der Waals surface area (Å²) in [5.74, 6) is -2.23. The second kappa shape index (κ2) is 7.20. The van der Waals surface area contributed by atoms with Crippen LogP contribution in [0.1, 0.15) is 32.8 Å². The number of primary amides is 1. The molecule has 1 heterocycles. The van der Waals surface area contributed by atoms with E-state index in [1.165, 1.54) is 6.07 Å². The summed E-state index contributed by atoms with van der Waals surface area (Å²) >= 11 is 1.09. The van der Waals surface area contributed by atoms with Crippen molar-refractivity contribution in [3.63, 3.8) is 0 Å². The molecule has 1 aliphatic carbocycles. The zero-order valence-corrected chi connectivity index (χ0v) is 14.3. The van der Waals surface area contributed by atoms with Crippen molar-refractivity contribution >= 4 is 34.1 Å². The molecular formula is C17H14F2N2O4S. The maximum absolute atomic E-state index is 13.5. The van der Waals surface area contributed by atoms with E-state index < -0.39 is 30.2 Å². The number of ether oxygens (including phenoxy) is 1. The Kier molecular flexibility index (Phi) is 4.99. The fourth-order valence-electron chi connectivity index (χ4n) is 2.71. The third kappa shape index (κ3) is 3.72. The van der Waals surface area contributed by atoms with Gasteiger partial charge in [-0.3, -0.25) is 14.9 Å². The van der Waals surface area contributed by atoms with Gasteiger partial charge >= 0.3 is 6.09 Å². The van der Waals surface area contributed by atoms with Gasteiger partial charge in [-0.1, -0.05) is 0 Å². The van der Waals surface area contributed by atoms with E-state index in [1.54, 1.807) is 0 Å². The Balaban J connectivity index is 1.73. The van der Waals surface area contributed by atoms with Crippen molar-refractivity contribution in [2.45, 2.75) is 25.9 Å². The number of rotatable bonds is 4. The number of carbonyl (C=O) groups is 3. The molecular weight excluding hydrogens is 366 g/mol. The van der Waals surface area contributed by atoms with Crippen molar-refractivity contribution in [1.82, 2.24) is 0 Å². The van der Waals surface area contributed by atoms with E-state index in [4.69, 9.17) is 10.5 Å². The van der Waals surface area contributed by atoms with Crippen LogP contribution in [-0.2, 0) is 29.0 Å². The van der Waals surface area contributed by atoms with Crippen LogP contribution in [0.15, 0.2) is 18.2 Å². The number of Topliss-reactive ketones (excluding diaryl/α,β-unsaturated/α-hetero) is 1. The SMILES string of the molecule is NC(=O)c1c(NC(=O)OCc2ccc(F)cc2F)sc2c1CCC(=O)C2. The fourth-order valence-corrected chi connectivity index (χ4v) is 3.98. The van der Waals surface area contributed by atoms with Crippen molar-refractivity contribution in [3.05, 3.63) is 51.4 Å². The number of ketones is 1. The van der Waals surface area contributed by atoms with Crippen LogP contribution in [0.3, 0.4) is 0 Å². The summed E-state index contributed by atoms with van der Waals surface area (Å²) in [5, 5.41) is 2.61. The Bertz CT molecular complexity index is 910. The lowest BCUT2D eigenvalue weighted by molar-refractivity contribution is -0.118. The number of anilines is 1. The molecule has 3 rings (SSSR count). The third-order valence-electron chi connectivity index (χ3n) is 3.94. The number of carbonyl (C=O) groups excluding carboxylic acids is 3. The Morgan fingerprint density at radius 3 is 2.73 bits per heavy atom. The Hall–Kier alpha value is -2.81. The highest BCUT2D eigenvalue weighted by Gasteiger charge is 2.27. The number of thiophene rings is 1. The lowest BCUT2D eigenvalue weighted by Gasteiger charge is -2.10. The normalized spacial score (nSPS) is 13.2. The van der Waals surface area contributed by atoms with Crippen LogP contribution < -0.4 is 11.1 Å². The number of hydrogen-bond acceptors (Lipinski definition) is 5. The first-order valence-electron chi connectivity index (χ1n) is 7.69. The summed E-state index contributed by atoms with van der Waals surface area (Å²) < 4.78 is 31.3. The van der Waals surface area contributed by atoms with E-state index in [0.29, 0.717) is 29.3 Å². The van der Waals surface area contributed by atoms with Crippen molar-refractivity contribution < 1.29 is 27.9 Å². The molecule has 1 aromatic heterocycles. The highest BCUT2D eigenvalue weighted by Crippen LogP contribution is 2.37. The lowest BCUT2D eigenvalue weighted by atomic mass is 9.94. The number of nitrogens with two attached hydrogens (primary N) is 1. The molecule has 1 aromatic carbocycles. The van der Waals surface area contributed by atoms with Gasteiger partial charge in [0.1, 0.15) is 29.0 Å². The second-order valence-electron chi connectivity index (χ2n) is 5.72. The van der Waals surface area contributed by atoms with Gasteiger partial charge in [0, 0.05) is 29.3 Å². The molecule has 0 unspecified atom stereocenters. The van der Waals surface area contributed by atoms with E-state index in [0.717, 1.165) is 17.4 Å². The van der Waals surface area contributed by atoms with Crippen LogP contribution >= 0.6 is 11.3 Å². The van der Waals surface area contributed by atoms with Crippen LogP contribution in [-0.4, -0.2) is 17.8 Å². The Morgan fingerprint density at radius 2 is 2.04 bits per heavy atom. The van der Waals surface area contributed by atoms with Crippen LogP contribution in [0.4, 0.5) is 18.6 Å². The minimum atomic E-state index is -0.916. The van der Waals surface area contributed by atoms with Gasteiger partial charge < -0.3 is 10.5 Å². The molecule has 3 N–H and O–H groups in total. The Labute approximate surface area is 150 Å². The molecule has 0 bridgehead atoms. The zero-order valence-electron chi connectivity index (χ0n) is 13.4. The van der Waals surface area contributed by atoms with Crippen molar-refractivity contribution in [3.8, 4) is 0 Å². The predicted octanol–water partition coefficient (Wildman–Crippen LogP) is 2.93. The van der Waals surface area contributed by atoms with Gasteiger partial charge in [0.15, 0.2) is 0 Å². The minimum absolute atomic E-state index is 0.00717. The van der Waals surface area contributed by atoms with Crippen LogP contribution in [0.5, 0.6) is 0 Å². The van der Waals surface area contributed by atoms with Gasteiger partial charge in [-0.25, -0.2) is 13.6 Å².